The first-order chi connectivity index (χ1) is 14.2. The molecule has 0 aromatic heterocycles. The molecule has 0 radical (unpaired) electrons. The highest BCUT2D eigenvalue weighted by molar-refractivity contribution is 5.80. The molecule has 0 aromatic carbocycles. The van der Waals surface area contributed by atoms with Gasteiger partial charge in [0, 0.05) is 0 Å². The van der Waals surface area contributed by atoms with Crippen molar-refractivity contribution in [3.05, 3.63) is 0 Å². The summed E-state index contributed by atoms with van der Waals surface area (Å²) in [7, 11) is 0. The zero-order valence-electron chi connectivity index (χ0n) is 20.0. The van der Waals surface area contributed by atoms with Crippen LogP contribution in [0.25, 0.3) is 0 Å². The first-order valence-electron chi connectivity index (χ1n) is 12.5. The first kappa shape index (κ1) is 23.6. The monoisotopic (exact) mass is 420 g/mol. The smallest absolute Gasteiger partial charge is 0.344 e. The second-order valence-electron chi connectivity index (χ2n) is 11.2. The Morgan fingerprint density at radius 1 is 1.03 bits per heavy atom. The Kier molecular flexibility index (Phi) is 7.56. The van der Waals surface area contributed by atoms with Gasteiger partial charge in [-0.2, -0.15) is 0 Å². The topological polar surface area (TPSA) is 52.6 Å². The van der Waals surface area contributed by atoms with Crippen LogP contribution in [0.5, 0.6) is 0 Å². The Hall–Kier alpha value is -1.06. The molecule has 3 aliphatic rings. The molecule has 172 valence electrons. The highest BCUT2D eigenvalue weighted by Gasteiger charge is 2.59. The average Bonchev–Trinajstić information content (AvgIpc) is 2.71. The molecule has 0 N–H and O–H groups in total. The molecule has 0 heterocycles. The van der Waals surface area contributed by atoms with E-state index in [9.17, 15) is 9.59 Å². The highest BCUT2D eigenvalue weighted by atomic mass is 16.6. The van der Waals surface area contributed by atoms with Gasteiger partial charge in [0.15, 0.2) is 6.61 Å². The molecule has 3 fully saturated rings. The molecule has 3 rings (SSSR count). The molecule has 0 saturated heterocycles. The predicted molar refractivity (Wildman–Crippen MR) is 119 cm³/mol. The van der Waals surface area contributed by atoms with Crippen LogP contribution in [-0.4, -0.2) is 25.2 Å². The summed E-state index contributed by atoms with van der Waals surface area (Å²) >= 11 is 0. The van der Waals surface area contributed by atoms with Gasteiger partial charge in [-0.05, 0) is 93.3 Å². The normalized spacial score (nSPS) is 38.5. The van der Waals surface area contributed by atoms with Crippen LogP contribution >= 0.6 is 0 Å². The van der Waals surface area contributed by atoms with Crippen LogP contribution in [0.15, 0.2) is 0 Å². The summed E-state index contributed by atoms with van der Waals surface area (Å²) in [6, 6.07) is 0. The fourth-order valence-electron chi connectivity index (χ4n) is 7.38. The van der Waals surface area contributed by atoms with Gasteiger partial charge in [0.05, 0.1) is 12.0 Å². The zero-order chi connectivity index (χ0) is 21.9. The molecule has 0 amide bonds. The molecule has 6 atom stereocenters. The molecule has 0 aromatic rings. The molecule has 30 heavy (non-hydrogen) atoms. The molecule has 0 aliphatic heterocycles. The van der Waals surface area contributed by atoms with Crippen molar-refractivity contribution in [3.8, 4) is 0 Å². The lowest BCUT2D eigenvalue weighted by Gasteiger charge is -2.61. The summed E-state index contributed by atoms with van der Waals surface area (Å²) in [6.07, 6.45) is 11.4. The van der Waals surface area contributed by atoms with E-state index in [1.165, 1.54) is 32.1 Å². The Morgan fingerprint density at radius 3 is 2.50 bits per heavy atom. The molecule has 0 bridgehead atoms. The molecule has 3 unspecified atom stereocenters. The molecule has 4 nitrogen and oxygen atoms in total. The number of hydrogen-bond acceptors (Lipinski definition) is 4. The van der Waals surface area contributed by atoms with Gasteiger partial charge in [-0.3, -0.25) is 4.79 Å². The third-order valence-corrected chi connectivity index (χ3v) is 9.16. The minimum atomic E-state index is -0.476. The fraction of sp³-hybridized carbons (Fsp3) is 0.923. The van der Waals surface area contributed by atoms with Crippen molar-refractivity contribution < 1.29 is 19.1 Å². The van der Waals surface area contributed by atoms with E-state index in [0.29, 0.717) is 12.5 Å². The summed E-state index contributed by atoms with van der Waals surface area (Å²) in [6.45, 7) is 11.5. The molecule has 4 heteroatoms. The van der Waals surface area contributed by atoms with Crippen LogP contribution in [-0.2, 0) is 19.1 Å². The van der Waals surface area contributed by atoms with Crippen LogP contribution in [0.2, 0.25) is 0 Å². The first-order valence-corrected chi connectivity index (χ1v) is 12.5. The van der Waals surface area contributed by atoms with Crippen molar-refractivity contribution in [1.29, 1.82) is 0 Å². The fourth-order valence-corrected chi connectivity index (χ4v) is 7.38. The SMILES string of the molecule is CCCCOC(=O)COC(=O)[C@@]1(C)CCC[C@@]2(C)C1CCC1CC(C(C)C)CC[C@H]12. The van der Waals surface area contributed by atoms with E-state index in [1.54, 1.807) is 0 Å². The Morgan fingerprint density at radius 2 is 1.80 bits per heavy atom. The Bertz CT molecular complexity index is 614. The maximum Gasteiger partial charge on any atom is 0.344 e. The van der Waals surface area contributed by atoms with Gasteiger partial charge >= 0.3 is 11.9 Å². The number of hydrogen-bond donors (Lipinski definition) is 0. The lowest BCUT2D eigenvalue weighted by Crippen LogP contribution is -2.56. The zero-order valence-corrected chi connectivity index (χ0v) is 20.0. The van der Waals surface area contributed by atoms with Crippen LogP contribution in [0.1, 0.15) is 98.8 Å². The Labute approximate surface area is 183 Å². The van der Waals surface area contributed by atoms with E-state index in [4.69, 9.17) is 9.47 Å². The predicted octanol–water partition coefficient (Wildman–Crippen LogP) is 6.17. The molecule has 0 spiro atoms. The van der Waals surface area contributed by atoms with Gasteiger partial charge in [-0.1, -0.05) is 40.5 Å². The summed E-state index contributed by atoms with van der Waals surface area (Å²) in [5, 5.41) is 0. The van der Waals surface area contributed by atoms with E-state index < -0.39 is 11.4 Å². The van der Waals surface area contributed by atoms with Crippen LogP contribution in [0.4, 0.5) is 0 Å². The molecule has 3 aliphatic carbocycles. The summed E-state index contributed by atoms with van der Waals surface area (Å²) < 4.78 is 10.7. The molecular formula is C26H44O4. The van der Waals surface area contributed by atoms with Crippen molar-refractivity contribution >= 4 is 11.9 Å². The second-order valence-corrected chi connectivity index (χ2v) is 11.2. The maximum absolute atomic E-state index is 13.2. The van der Waals surface area contributed by atoms with E-state index in [-0.39, 0.29) is 18.0 Å². The van der Waals surface area contributed by atoms with Gasteiger partial charge < -0.3 is 9.47 Å². The minimum Gasteiger partial charge on any atom is -0.463 e. The second kappa shape index (κ2) is 9.61. The Balaban J connectivity index is 1.66. The van der Waals surface area contributed by atoms with E-state index >= 15 is 0 Å². The van der Waals surface area contributed by atoms with E-state index in [2.05, 4.69) is 34.6 Å². The summed E-state index contributed by atoms with van der Waals surface area (Å²) in [5.41, 5.74) is -0.255. The number of fused-ring (bicyclic) bond motifs is 3. The van der Waals surface area contributed by atoms with Crippen molar-refractivity contribution in [3.63, 3.8) is 0 Å². The average molecular weight is 421 g/mol. The lowest BCUT2D eigenvalue weighted by atomic mass is 9.43. The van der Waals surface area contributed by atoms with Crippen molar-refractivity contribution in [2.75, 3.05) is 13.2 Å². The van der Waals surface area contributed by atoms with Crippen LogP contribution in [0, 0.1) is 40.4 Å². The third-order valence-electron chi connectivity index (χ3n) is 9.16. The van der Waals surface area contributed by atoms with Crippen molar-refractivity contribution in [2.45, 2.75) is 98.8 Å². The van der Waals surface area contributed by atoms with Gasteiger partial charge in [0.1, 0.15) is 0 Å². The standard InChI is InChI=1S/C26H44O4/c1-6-7-15-29-23(27)17-30-24(28)26(5)14-8-13-25(4)21-11-9-19(18(2)3)16-20(21)10-12-22(25)26/h18-22H,6-17H2,1-5H3/t19?,20?,21-,22?,25-,26+/m1/s1. The van der Waals surface area contributed by atoms with Crippen molar-refractivity contribution in [1.82, 2.24) is 0 Å². The number of esters is 2. The summed E-state index contributed by atoms with van der Waals surface area (Å²) in [5.74, 6) is 2.95. The number of rotatable bonds is 7. The number of carbonyl (C=O) groups is 2. The quantitative estimate of drug-likeness (QED) is 0.365. The van der Waals surface area contributed by atoms with Crippen LogP contribution in [0.3, 0.4) is 0 Å². The van der Waals surface area contributed by atoms with E-state index in [1.807, 2.05) is 0 Å². The third kappa shape index (κ3) is 4.58. The van der Waals surface area contributed by atoms with Crippen LogP contribution < -0.4 is 0 Å². The maximum atomic E-state index is 13.2. The number of carbonyl (C=O) groups excluding carboxylic acids is 2. The van der Waals surface area contributed by atoms with Gasteiger partial charge in [0.2, 0.25) is 0 Å². The highest BCUT2D eigenvalue weighted by Crippen LogP contribution is 2.64. The van der Waals surface area contributed by atoms with Crippen molar-refractivity contribution in [2.24, 2.45) is 40.4 Å². The van der Waals surface area contributed by atoms with E-state index in [0.717, 1.165) is 55.8 Å². The number of unbranched alkanes of at least 4 members (excludes halogenated alkanes) is 1. The van der Waals surface area contributed by atoms with Gasteiger partial charge in [-0.25, -0.2) is 4.79 Å². The molecular weight excluding hydrogens is 376 g/mol. The van der Waals surface area contributed by atoms with Gasteiger partial charge in [-0.15, -0.1) is 0 Å². The minimum absolute atomic E-state index is 0.180. The summed E-state index contributed by atoms with van der Waals surface area (Å²) in [4.78, 5) is 25.2. The lowest BCUT2D eigenvalue weighted by molar-refractivity contribution is -0.183. The number of ether oxygens (including phenoxy) is 2. The van der Waals surface area contributed by atoms with Gasteiger partial charge in [0.25, 0.3) is 0 Å². The molecule has 3 saturated carbocycles. The largest absolute Gasteiger partial charge is 0.463 e.